The molecule has 0 aromatic heterocycles. The van der Waals surface area contributed by atoms with Crippen molar-refractivity contribution in [3.8, 4) is 0 Å². The number of para-hydroxylation sites is 2. The number of aryl methyl sites for hydroxylation is 1. The summed E-state index contributed by atoms with van der Waals surface area (Å²) in [6.45, 7) is 2.01. The summed E-state index contributed by atoms with van der Waals surface area (Å²) in [6.07, 6.45) is 0. The standard InChI is InChI=1S/C20H18N2O/c1-16-12-14-17(15-13-16)20(23)22(19-10-6-3-7-11-19)21-18-8-4-2-5-9-18/h2-15,21H,1H3. The second-order valence-electron chi connectivity index (χ2n) is 5.32. The van der Waals surface area contributed by atoms with Gasteiger partial charge in [0.2, 0.25) is 0 Å². The van der Waals surface area contributed by atoms with E-state index in [0.29, 0.717) is 5.56 Å². The van der Waals surface area contributed by atoms with E-state index in [1.165, 1.54) is 0 Å². The van der Waals surface area contributed by atoms with Gasteiger partial charge in [-0.05, 0) is 43.3 Å². The Balaban J connectivity index is 1.94. The molecule has 114 valence electrons. The average molecular weight is 302 g/mol. The SMILES string of the molecule is Cc1ccc(C(=O)N(Nc2ccccc2)c2ccccc2)cc1. The Morgan fingerprint density at radius 3 is 1.96 bits per heavy atom. The Bertz CT molecular complexity index is 768. The van der Waals surface area contributed by atoms with E-state index in [1.807, 2.05) is 91.9 Å². The summed E-state index contributed by atoms with van der Waals surface area (Å²) in [5.41, 5.74) is 6.61. The van der Waals surface area contributed by atoms with Crippen molar-refractivity contribution < 1.29 is 4.79 Å². The number of hydrogen-bond acceptors (Lipinski definition) is 2. The van der Waals surface area contributed by atoms with E-state index in [2.05, 4.69) is 5.43 Å². The first kappa shape index (κ1) is 14.9. The fourth-order valence-corrected chi connectivity index (χ4v) is 2.28. The molecule has 3 heteroatoms. The second-order valence-corrected chi connectivity index (χ2v) is 5.32. The number of nitrogens with zero attached hydrogens (tertiary/aromatic N) is 1. The minimum absolute atomic E-state index is 0.0972. The van der Waals surface area contributed by atoms with Crippen molar-refractivity contribution in [1.82, 2.24) is 0 Å². The molecular weight excluding hydrogens is 284 g/mol. The molecule has 0 radical (unpaired) electrons. The van der Waals surface area contributed by atoms with Crippen LogP contribution in [0.5, 0.6) is 0 Å². The van der Waals surface area contributed by atoms with Crippen LogP contribution in [0.3, 0.4) is 0 Å². The van der Waals surface area contributed by atoms with Gasteiger partial charge in [-0.3, -0.25) is 10.2 Å². The van der Waals surface area contributed by atoms with Crippen LogP contribution in [-0.2, 0) is 0 Å². The first-order valence-electron chi connectivity index (χ1n) is 7.52. The molecule has 0 fully saturated rings. The van der Waals surface area contributed by atoms with Gasteiger partial charge in [0.25, 0.3) is 5.91 Å². The molecule has 0 atom stereocenters. The molecule has 0 saturated heterocycles. The van der Waals surface area contributed by atoms with Gasteiger partial charge in [0.05, 0.1) is 11.4 Å². The number of rotatable bonds is 4. The molecule has 1 amide bonds. The maximum Gasteiger partial charge on any atom is 0.276 e. The van der Waals surface area contributed by atoms with E-state index in [4.69, 9.17) is 0 Å². The zero-order chi connectivity index (χ0) is 16.1. The van der Waals surface area contributed by atoms with Gasteiger partial charge in [-0.2, -0.15) is 0 Å². The molecule has 0 heterocycles. The van der Waals surface area contributed by atoms with Gasteiger partial charge in [-0.15, -0.1) is 0 Å². The van der Waals surface area contributed by atoms with Crippen molar-refractivity contribution in [1.29, 1.82) is 0 Å². The Kier molecular flexibility index (Phi) is 4.39. The number of carbonyl (C=O) groups excluding carboxylic acids is 1. The van der Waals surface area contributed by atoms with Crippen molar-refractivity contribution >= 4 is 17.3 Å². The van der Waals surface area contributed by atoms with Crippen LogP contribution in [0.1, 0.15) is 15.9 Å². The highest BCUT2D eigenvalue weighted by molar-refractivity contribution is 6.07. The molecule has 0 aliphatic carbocycles. The summed E-state index contributed by atoms with van der Waals surface area (Å²) < 4.78 is 0. The van der Waals surface area contributed by atoms with E-state index in [0.717, 1.165) is 16.9 Å². The number of benzene rings is 3. The lowest BCUT2D eigenvalue weighted by Crippen LogP contribution is -2.36. The number of nitrogens with one attached hydrogen (secondary N) is 1. The molecule has 0 bridgehead atoms. The number of hydrogen-bond donors (Lipinski definition) is 1. The fourth-order valence-electron chi connectivity index (χ4n) is 2.28. The number of anilines is 2. The smallest absolute Gasteiger partial charge is 0.276 e. The van der Waals surface area contributed by atoms with Gasteiger partial charge >= 0.3 is 0 Å². The highest BCUT2D eigenvalue weighted by Crippen LogP contribution is 2.19. The molecule has 0 saturated carbocycles. The molecule has 0 aliphatic heterocycles. The summed E-state index contributed by atoms with van der Waals surface area (Å²) in [7, 11) is 0. The first-order valence-corrected chi connectivity index (χ1v) is 7.52. The molecule has 1 N–H and O–H groups in total. The number of hydrazine groups is 1. The van der Waals surface area contributed by atoms with Crippen LogP contribution >= 0.6 is 0 Å². The Morgan fingerprint density at radius 2 is 1.35 bits per heavy atom. The number of amides is 1. The van der Waals surface area contributed by atoms with E-state index in [9.17, 15) is 4.79 Å². The van der Waals surface area contributed by atoms with Crippen molar-refractivity contribution in [3.05, 3.63) is 96.1 Å². The fraction of sp³-hybridized carbons (Fsp3) is 0.0500. The minimum Gasteiger partial charge on any atom is -0.291 e. The molecule has 0 spiro atoms. The van der Waals surface area contributed by atoms with Gasteiger partial charge in [0.15, 0.2) is 0 Å². The summed E-state index contributed by atoms with van der Waals surface area (Å²) in [6, 6.07) is 26.8. The van der Waals surface area contributed by atoms with E-state index in [1.54, 1.807) is 5.01 Å². The summed E-state index contributed by atoms with van der Waals surface area (Å²) in [5, 5.41) is 1.57. The second kappa shape index (κ2) is 6.79. The highest BCUT2D eigenvalue weighted by atomic mass is 16.2. The van der Waals surface area contributed by atoms with Gasteiger partial charge in [0, 0.05) is 5.56 Å². The Hall–Kier alpha value is -3.07. The van der Waals surface area contributed by atoms with Gasteiger partial charge in [-0.25, -0.2) is 5.01 Å². The number of carbonyl (C=O) groups is 1. The molecule has 3 aromatic rings. The molecule has 0 aliphatic rings. The molecular formula is C20H18N2O. The quantitative estimate of drug-likeness (QED) is 0.710. The third-order valence-electron chi connectivity index (χ3n) is 3.53. The van der Waals surface area contributed by atoms with Gasteiger partial charge in [0.1, 0.15) is 0 Å². The van der Waals surface area contributed by atoms with E-state index in [-0.39, 0.29) is 5.91 Å². The average Bonchev–Trinajstić information content (AvgIpc) is 2.61. The minimum atomic E-state index is -0.0972. The zero-order valence-electron chi connectivity index (χ0n) is 12.9. The van der Waals surface area contributed by atoms with E-state index < -0.39 is 0 Å². The Morgan fingerprint density at radius 1 is 0.783 bits per heavy atom. The maximum atomic E-state index is 12.9. The van der Waals surface area contributed by atoms with E-state index >= 15 is 0 Å². The van der Waals surface area contributed by atoms with Gasteiger partial charge in [-0.1, -0.05) is 54.1 Å². The van der Waals surface area contributed by atoms with Crippen molar-refractivity contribution in [2.24, 2.45) is 0 Å². The lowest BCUT2D eigenvalue weighted by atomic mass is 10.1. The molecule has 3 aromatic carbocycles. The third-order valence-corrected chi connectivity index (χ3v) is 3.53. The predicted octanol–water partition coefficient (Wildman–Crippen LogP) is 4.67. The van der Waals surface area contributed by atoms with Crippen LogP contribution in [0.15, 0.2) is 84.9 Å². The van der Waals surface area contributed by atoms with Crippen LogP contribution in [0.2, 0.25) is 0 Å². The van der Waals surface area contributed by atoms with Crippen LogP contribution in [-0.4, -0.2) is 5.91 Å². The van der Waals surface area contributed by atoms with Gasteiger partial charge < -0.3 is 0 Å². The molecule has 23 heavy (non-hydrogen) atoms. The summed E-state index contributed by atoms with van der Waals surface area (Å²) >= 11 is 0. The highest BCUT2D eigenvalue weighted by Gasteiger charge is 2.17. The normalized spacial score (nSPS) is 10.1. The molecule has 3 rings (SSSR count). The predicted molar refractivity (Wildman–Crippen MR) is 94.5 cm³/mol. The largest absolute Gasteiger partial charge is 0.291 e. The Labute approximate surface area is 136 Å². The maximum absolute atomic E-state index is 12.9. The first-order chi connectivity index (χ1) is 11.2. The summed E-state index contributed by atoms with van der Waals surface area (Å²) in [5.74, 6) is -0.0972. The zero-order valence-corrected chi connectivity index (χ0v) is 12.9. The van der Waals surface area contributed by atoms with Crippen molar-refractivity contribution in [2.75, 3.05) is 10.4 Å². The van der Waals surface area contributed by atoms with Crippen LogP contribution in [0.4, 0.5) is 11.4 Å². The third kappa shape index (κ3) is 3.58. The van der Waals surface area contributed by atoms with Crippen LogP contribution in [0.25, 0.3) is 0 Å². The lowest BCUT2D eigenvalue weighted by Gasteiger charge is -2.24. The molecule has 0 unspecified atom stereocenters. The van der Waals surface area contributed by atoms with Crippen molar-refractivity contribution in [2.45, 2.75) is 6.92 Å². The summed E-state index contributed by atoms with van der Waals surface area (Å²) in [4.78, 5) is 12.9. The van der Waals surface area contributed by atoms with Crippen LogP contribution < -0.4 is 10.4 Å². The monoisotopic (exact) mass is 302 g/mol. The van der Waals surface area contributed by atoms with Crippen molar-refractivity contribution in [3.63, 3.8) is 0 Å². The van der Waals surface area contributed by atoms with Crippen LogP contribution in [0, 0.1) is 6.92 Å². The lowest BCUT2D eigenvalue weighted by molar-refractivity contribution is 0.0993. The molecule has 3 nitrogen and oxygen atoms in total. The topological polar surface area (TPSA) is 32.3 Å².